The lowest BCUT2D eigenvalue weighted by Gasteiger charge is -2.34. The van der Waals surface area contributed by atoms with Crippen molar-refractivity contribution in [2.24, 2.45) is 0 Å². The van der Waals surface area contributed by atoms with Crippen molar-refractivity contribution >= 4 is 39.0 Å². The third-order valence-corrected chi connectivity index (χ3v) is 8.77. The number of aryl methyl sites for hydroxylation is 2. The van der Waals surface area contributed by atoms with Crippen LogP contribution >= 0.6 is 23.1 Å². The lowest BCUT2D eigenvalue weighted by molar-refractivity contribution is -0.129. The van der Waals surface area contributed by atoms with Gasteiger partial charge in [-0.1, -0.05) is 23.9 Å². The number of tetrazole rings is 1. The van der Waals surface area contributed by atoms with Crippen LogP contribution in [0.4, 0.5) is 4.39 Å². The van der Waals surface area contributed by atoms with Crippen molar-refractivity contribution in [3.63, 3.8) is 0 Å². The Bertz CT molecular complexity index is 1160. The van der Waals surface area contributed by atoms with Gasteiger partial charge < -0.3 is 4.90 Å². The van der Waals surface area contributed by atoms with E-state index in [-0.39, 0.29) is 42.7 Å². The van der Waals surface area contributed by atoms with Crippen molar-refractivity contribution in [1.29, 1.82) is 0 Å². The molecule has 0 saturated carbocycles. The van der Waals surface area contributed by atoms with Gasteiger partial charge in [0.2, 0.25) is 21.1 Å². The van der Waals surface area contributed by atoms with E-state index < -0.39 is 15.8 Å². The Kier molecular flexibility index (Phi) is 7.18. The molecular weight excluding hydrogens is 475 g/mol. The van der Waals surface area contributed by atoms with E-state index >= 15 is 0 Å². The SMILES string of the molecule is O=C(CSc1nnnn1CCc1cccs1)N1CCN(S(=O)(=O)c2cccc(F)c2)CC1. The number of carbonyl (C=O) groups is 1. The maximum atomic E-state index is 13.4. The molecule has 9 nitrogen and oxygen atoms in total. The van der Waals surface area contributed by atoms with Gasteiger partial charge in [0.05, 0.1) is 17.2 Å². The van der Waals surface area contributed by atoms with Gasteiger partial charge in [-0.25, -0.2) is 17.5 Å². The highest BCUT2D eigenvalue weighted by molar-refractivity contribution is 7.99. The van der Waals surface area contributed by atoms with E-state index in [9.17, 15) is 17.6 Å². The minimum absolute atomic E-state index is 0.0813. The van der Waals surface area contributed by atoms with E-state index in [1.165, 1.54) is 39.1 Å². The fraction of sp³-hybridized carbons (Fsp3) is 0.368. The van der Waals surface area contributed by atoms with Crippen LogP contribution < -0.4 is 0 Å². The molecule has 1 aliphatic heterocycles. The van der Waals surface area contributed by atoms with Crippen LogP contribution in [0.25, 0.3) is 0 Å². The molecular formula is C19H21FN6O3S3. The molecule has 1 saturated heterocycles. The number of halogens is 1. The first-order valence-corrected chi connectivity index (χ1v) is 13.2. The van der Waals surface area contributed by atoms with Gasteiger partial charge in [0.15, 0.2) is 0 Å². The van der Waals surface area contributed by atoms with Gasteiger partial charge in [0.1, 0.15) is 5.82 Å². The van der Waals surface area contributed by atoms with E-state index in [1.807, 2.05) is 11.4 Å². The zero-order valence-electron chi connectivity index (χ0n) is 17.0. The van der Waals surface area contributed by atoms with Crippen molar-refractivity contribution in [3.05, 3.63) is 52.5 Å². The summed E-state index contributed by atoms with van der Waals surface area (Å²) in [4.78, 5) is 15.4. The third kappa shape index (κ3) is 5.34. The Balaban J connectivity index is 1.28. The number of aromatic nitrogens is 4. The van der Waals surface area contributed by atoms with Crippen LogP contribution in [0.5, 0.6) is 0 Å². The molecule has 0 spiro atoms. The number of carbonyl (C=O) groups excluding carboxylic acids is 1. The summed E-state index contributed by atoms with van der Waals surface area (Å²) in [5.74, 6) is -0.545. The molecule has 0 radical (unpaired) electrons. The topological polar surface area (TPSA) is 101 Å². The summed E-state index contributed by atoms with van der Waals surface area (Å²) in [5, 5.41) is 14.3. The molecule has 1 aromatic carbocycles. The van der Waals surface area contributed by atoms with Crippen LogP contribution in [0.2, 0.25) is 0 Å². The predicted octanol–water partition coefficient (Wildman–Crippen LogP) is 1.74. The Morgan fingerprint density at radius 2 is 1.97 bits per heavy atom. The first-order valence-electron chi connectivity index (χ1n) is 9.88. The normalized spacial score (nSPS) is 15.2. The lowest BCUT2D eigenvalue weighted by atomic mass is 10.3. The lowest BCUT2D eigenvalue weighted by Crippen LogP contribution is -2.51. The third-order valence-electron chi connectivity index (χ3n) is 5.00. The second kappa shape index (κ2) is 10.1. The molecule has 13 heteroatoms. The van der Waals surface area contributed by atoms with Crippen LogP contribution in [-0.2, 0) is 27.8 Å². The standard InChI is InChI=1S/C19H21FN6O3S3/c20-15-3-1-5-17(13-15)32(28,29)25-10-8-24(9-11-25)18(27)14-31-19-21-22-23-26(19)7-6-16-4-2-12-30-16/h1-5,12-13H,6-11,14H2. The molecule has 32 heavy (non-hydrogen) atoms. The maximum absolute atomic E-state index is 13.4. The van der Waals surface area contributed by atoms with E-state index in [0.717, 1.165) is 12.5 Å². The quantitative estimate of drug-likeness (QED) is 0.438. The number of sulfonamides is 1. The monoisotopic (exact) mass is 496 g/mol. The summed E-state index contributed by atoms with van der Waals surface area (Å²) in [6.45, 7) is 1.50. The summed E-state index contributed by atoms with van der Waals surface area (Å²) in [6.07, 6.45) is 0.811. The predicted molar refractivity (Wildman–Crippen MR) is 118 cm³/mol. The molecule has 4 rings (SSSR count). The molecule has 0 N–H and O–H groups in total. The number of hydrogen-bond donors (Lipinski definition) is 0. The molecule has 0 aliphatic carbocycles. The van der Waals surface area contributed by atoms with Crippen molar-refractivity contribution in [2.45, 2.75) is 23.0 Å². The molecule has 1 fully saturated rings. The van der Waals surface area contributed by atoms with E-state index in [1.54, 1.807) is 20.9 Å². The zero-order valence-corrected chi connectivity index (χ0v) is 19.5. The van der Waals surface area contributed by atoms with Crippen molar-refractivity contribution in [3.8, 4) is 0 Å². The Labute approximate surface area is 193 Å². The van der Waals surface area contributed by atoms with Crippen LogP contribution in [0.1, 0.15) is 4.88 Å². The van der Waals surface area contributed by atoms with Crippen molar-refractivity contribution < 1.29 is 17.6 Å². The number of piperazine rings is 1. The van der Waals surface area contributed by atoms with Gasteiger partial charge in [0, 0.05) is 37.5 Å². The highest BCUT2D eigenvalue weighted by atomic mass is 32.2. The highest BCUT2D eigenvalue weighted by Gasteiger charge is 2.30. The first kappa shape index (κ1) is 22.8. The number of thiophene rings is 1. The van der Waals surface area contributed by atoms with Gasteiger partial charge in [0.25, 0.3) is 0 Å². The molecule has 0 bridgehead atoms. The van der Waals surface area contributed by atoms with Crippen molar-refractivity contribution in [1.82, 2.24) is 29.4 Å². The number of rotatable bonds is 8. The number of hydrogen-bond acceptors (Lipinski definition) is 8. The van der Waals surface area contributed by atoms with Crippen LogP contribution in [-0.4, -0.2) is 75.7 Å². The first-order chi connectivity index (χ1) is 15.4. The number of thioether (sulfide) groups is 1. The molecule has 0 unspecified atom stereocenters. The number of amides is 1. The fourth-order valence-corrected chi connectivity index (χ4v) is 6.24. The second-order valence-electron chi connectivity index (χ2n) is 7.04. The minimum Gasteiger partial charge on any atom is -0.339 e. The van der Waals surface area contributed by atoms with E-state index in [4.69, 9.17) is 0 Å². The summed E-state index contributed by atoms with van der Waals surface area (Å²) in [7, 11) is -3.79. The molecule has 3 aromatic rings. The summed E-state index contributed by atoms with van der Waals surface area (Å²) in [6, 6.07) is 9.00. The average Bonchev–Trinajstić information content (AvgIpc) is 3.48. The molecule has 3 heterocycles. The Hall–Kier alpha value is -2.35. The van der Waals surface area contributed by atoms with Gasteiger partial charge in [-0.05, 0) is 40.1 Å². The van der Waals surface area contributed by atoms with E-state index in [2.05, 4.69) is 21.6 Å². The number of nitrogens with zero attached hydrogens (tertiary/aromatic N) is 6. The number of benzene rings is 1. The zero-order chi connectivity index (χ0) is 22.6. The summed E-state index contributed by atoms with van der Waals surface area (Å²) >= 11 is 2.94. The molecule has 1 aliphatic rings. The maximum Gasteiger partial charge on any atom is 0.243 e. The van der Waals surface area contributed by atoms with Gasteiger partial charge in [-0.3, -0.25) is 4.79 Å². The fourth-order valence-electron chi connectivity index (χ4n) is 3.28. The van der Waals surface area contributed by atoms with Crippen LogP contribution in [0.15, 0.2) is 51.8 Å². The van der Waals surface area contributed by atoms with Gasteiger partial charge >= 0.3 is 0 Å². The average molecular weight is 497 g/mol. The molecule has 1 amide bonds. The highest BCUT2D eigenvalue weighted by Crippen LogP contribution is 2.20. The summed E-state index contributed by atoms with van der Waals surface area (Å²) < 4.78 is 41.8. The van der Waals surface area contributed by atoms with Gasteiger partial charge in [-0.2, -0.15) is 4.31 Å². The smallest absolute Gasteiger partial charge is 0.243 e. The minimum atomic E-state index is -3.79. The van der Waals surface area contributed by atoms with Crippen LogP contribution in [0.3, 0.4) is 0 Å². The second-order valence-corrected chi connectivity index (χ2v) is 11.0. The van der Waals surface area contributed by atoms with E-state index in [0.29, 0.717) is 11.7 Å². The Morgan fingerprint density at radius 1 is 1.16 bits per heavy atom. The molecule has 2 aromatic heterocycles. The largest absolute Gasteiger partial charge is 0.339 e. The van der Waals surface area contributed by atoms with Gasteiger partial charge in [-0.15, -0.1) is 16.4 Å². The molecule has 170 valence electrons. The van der Waals surface area contributed by atoms with Crippen LogP contribution in [0, 0.1) is 5.82 Å². The Morgan fingerprint density at radius 3 is 2.69 bits per heavy atom. The van der Waals surface area contributed by atoms with Crippen molar-refractivity contribution in [2.75, 3.05) is 31.9 Å². The summed E-state index contributed by atoms with van der Waals surface area (Å²) in [5.41, 5.74) is 0. The molecule has 0 atom stereocenters.